The second-order valence-corrected chi connectivity index (χ2v) is 3.64. The summed E-state index contributed by atoms with van der Waals surface area (Å²) in [5.41, 5.74) is -0.0159. The highest BCUT2D eigenvalue weighted by Crippen LogP contribution is 2.14. The third-order valence-corrected chi connectivity index (χ3v) is 2.13. The molecule has 1 aromatic carbocycles. The van der Waals surface area contributed by atoms with Gasteiger partial charge in [0.2, 0.25) is 0 Å². The number of carbonyl (C=O) groups is 1. The highest BCUT2D eigenvalue weighted by atomic mass is 16.6. The molecule has 9 heteroatoms. The number of rotatable bonds is 5. The van der Waals surface area contributed by atoms with Crippen LogP contribution in [0.4, 0.5) is 5.69 Å². The molecule has 112 valence electrons. The lowest BCUT2D eigenvalue weighted by Gasteiger charge is -2.16. The van der Waals surface area contributed by atoms with E-state index < -0.39 is 29.8 Å². The molecule has 0 aromatic heterocycles. The van der Waals surface area contributed by atoms with Gasteiger partial charge < -0.3 is 30.3 Å². The molecule has 5 N–H and O–H groups in total. The Morgan fingerprint density at radius 3 is 2.05 bits per heavy atom. The van der Waals surface area contributed by atoms with E-state index in [1.165, 1.54) is 24.3 Å². The summed E-state index contributed by atoms with van der Waals surface area (Å²) in [5, 5.41) is 52.8. The van der Waals surface area contributed by atoms with Crippen LogP contribution in [0.1, 0.15) is 0 Å². The minimum Gasteiger partial charge on any atom is -0.508 e. The molecular weight excluding hydrogens is 274 g/mol. The first kappa shape index (κ1) is 17.9. The number of aldehydes is 1. The van der Waals surface area contributed by atoms with E-state index in [0.717, 1.165) is 0 Å². The molecule has 1 aromatic rings. The van der Waals surface area contributed by atoms with Crippen molar-refractivity contribution in [3.8, 4) is 5.75 Å². The van der Waals surface area contributed by atoms with Gasteiger partial charge in [-0.15, -0.1) is 0 Å². The molecule has 3 unspecified atom stereocenters. The van der Waals surface area contributed by atoms with Crippen LogP contribution in [-0.4, -0.2) is 61.7 Å². The first-order valence-electron chi connectivity index (χ1n) is 5.37. The minimum atomic E-state index is -1.64. The second-order valence-electron chi connectivity index (χ2n) is 3.64. The molecule has 0 bridgehead atoms. The minimum absolute atomic E-state index is 0.0159. The molecule has 0 saturated carbocycles. The third-order valence-electron chi connectivity index (χ3n) is 2.13. The van der Waals surface area contributed by atoms with Crippen LogP contribution in [0.15, 0.2) is 24.3 Å². The van der Waals surface area contributed by atoms with Gasteiger partial charge in [0.05, 0.1) is 11.5 Å². The quantitative estimate of drug-likeness (QED) is 0.250. The summed E-state index contributed by atoms with van der Waals surface area (Å²) in [5.74, 6) is 0.0330. The van der Waals surface area contributed by atoms with E-state index in [9.17, 15) is 14.9 Å². The first-order valence-corrected chi connectivity index (χ1v) is 5.37. The van der Waals surface area contributed by atoms with Crippen LogP contribution in [0.25, 0.3) is 0 Å². The van der Waals surface area contributed by atoms with Crippen LogP contribution < -0.4 is 0 Å². The van der Waals surface area contributed by atoms with Gasteiger partial charge >= 0.3 is 0 Å². The largest absolute Gasteiger partial charge is 0.508 e. The molecular formula is C11H15NO8. The van der Waals surface area contributed by atoms with E-state index in [2.05, 4.69) is 0 Å². The molecule has 0 fully saturated rings. The second kappa shape index (κ2) is 8.93. The molecule has 0 amide bonds. The number of nitro groups is 1. The van der Waals surface area contributed by atoms with Gasteiger partial charge in [0.15, 0.2) is 6.29 Å². The number of phenolic OH excluding ortho intramolecular Hbond substituents is 1. The van der Waals surface area contributed by atoms with E-state index >= 15 is 0 Å². The molecule has 20 heavy (non-hydrogen) atoms. The van der Waals surface area contributed by atoms with Crippen LogP contribution in [0.3, 0.4) is 0 Å². The Bertz CT molecular complexity index is 421. The lowest BCUT2D eigenvalue weighted by Crippen LogP contribution is -2.40. The highest BCUT2D eigenvalue weighted by Gasteiger charge is 2.22. The molecule has 0 spiro atoms. The lowest BCUT2D eigenvalue weighted by molar-refractivity contribution is -0.384. The average molecular weight is 289 g/mol. The number of non-ortho nitro benzene ring substituents is 1. The van der Waals surface area contributed by atoms with E-state index in [-0.39, 0.29) is 17.7 Å². The molecule has 0 aliphatic carbocycles. The van der Waals surface area contributed by atoms with Gasteiger partial charge in [-0.3, -0.25) is 10.1 Å². The van der Waals surface area contributed by atoms with Crippen molar-refractivity contribution in [3.05, 3.63) is 34.4 Å². The number of carbonyl (C=O) groups excluding carboxylic acids is 1. The van der Waals surface area contributed by atoms with Gasteiger partial charge in [-0.1, -0.05) is 0 Å². The zero-order chi connectivity index (χ0) is 15.7. The zero-order valence-electron chi connectivity index (χ0n) is 10.2. The topological polar surface area (TPSA) is 161 Å². The fourth-order valence-corrected chi connectivity index (χ4v) is 0.990. The van der Waals surface area contributed by atoms with Gasteiger partial charge in [-0.25, -0.2) is 0 Å². The lowest BCUT2D eigenvalue weighted by atomic mass is 10.1. The van der Waals surface area contributed by atoms with Gasteiger partial charge in [-0.05, 0) is 12.1 Å². The number of aliphatic hydroxyl groups excluding tert-OH is 4. The van der Waals surface area contributed by atoms with Crippen LogP contribution in [0.2, 0.25) is 0 Å². The number of phenols is 1. The fraction of sp³-hybridized carbons (Fsp3) is 0.364. The third kappa shape index (κ3) is 6.20. The van der Waals surface area contributed by atoms with Gasteiger partial charge in [0.25, 0.3) is 5.69 Å². The number of aromatic hydroxyl groups is 1. The van der Waals surface area contributed by atoms with Crippen molar-refractivity contribution in [3.63, 3.8) is 0 Å². The predicted molar refractivity (Wildman–Crippen MR) is 65.9 cm³/mol. The van der Waals surface area contributed by atoms with Crippen molar-refractivity contribution < 1.29 is 35.3 Å². The summed E-state index contributed by atoms with van der Waals surface area (Å²) in [6, 6.07) is 5.04. The van der Waals surface area contributed by atoms with E-state index in [0.29, 0.717) is 0 Å². The summed E-state index contributed by atoms with van der Waals surface area (Å²) < 4.78 is 0. The van der Waals surface area contributed by atoms with Crippen molar-refractivity contribution in [2.24, 2.45) is 0 Å². The summed E-state index contributed by atoms with van der Waals surface area (Å²) in [7, 11) is 0. The van der Waals surface area contributed by atoms with Crippen LogP contribution >= 0.6 is 0 Å². The molecule has 3 atom stereocenters. The van der Waals surface area contributed by atoms with E-state index in [1.807, 2.05) is 0 Å². The average Bonchev–Trinajstić information content (AvgIpc) is 2.45. The highest BCUT2D eigenvalue weighted by molar-refractivity contribution is 5.56. The Balaban J connectivity index is 0.000000361. The first-order chi connectivity index (χ1) is 9.33. The van der Waals surface area contributed by atoms with Crippen molar-refractivity contribution in [2.45, 2.75) is 18.3 Å². The van der Waals surface area contributed by atoms with Crippen LogP contribution in [0, 0.1) is 10.1 Å². The number of hydrogen-bond acceptors (Lipinski definition) is 8. The number of hydrogen-bond donors (Lipinski definition) is 5. The Labute approximate surface area is 113 Å². The Kier molecular flexibility index (Phi) is 8.01. The fourth-order valence-electron chi connectivity index (χ4n) is 0.990. The number of aliphatic hydroxyl groups is 4. The van der Waals surface area contributed by atoms with Gasteiger partial charge in [0, 0.05) is 12.1 Å². The summed E-state index contributed by atoms with van der Waals surface area (Å²) in [6.07, 6.45) is -4.63. The molecule has 0 radical (unpaired) electrons. The van der Waals surface area contributed by atoms with E-state index in [1.54, 1.807) is 0 Å². The molecule has 0 heterocycles. The van der Waals surface area contributed by atoms with Gasteiger partial charge in [0.1, 0.15) is 24.1 Å². The molecule has 1 rings (SSSR count). The van der Waals surface area contributed by atoms with Crippen molar-refractivity contribution in [1.29, 1.82) is 0 Å². The number of benzene rings is 1. The van der Waals surface area contributed by atoms with Crippen molar-refractivity contribution >= 4 is 12.0 Å². The summed E-state index contributed by atoms with van der Waals surface area (Å²) >= 11 is 0. The van der Waals surface area contributed by atoms with Crippen molar-refractivity contribution in [1.82, 2.24) is 0 Å². The Morgan fingerprint density at radius 2 is 1.70 bits per heavy atom. The SMILES string of the molecule is O=CC(O)C(O)C(O)CO.O=[N+]([O-])c1ccc(O)cc1. The molecule has 0 aliphatic heterocycles. The van der Waals surface area contributed by atoms with Crippen molar-refractivity contribution in [2.75, 3.05) is 6.61 Å². The van der Waals surface area contributed by atoms with Crippen LogP contribution in [-0.2, 0) is 4.79 Å². The Hall–Kier alpha value is -2.07. The van der Waals surface area contributed by atoms with E-state index in [4.69, 9.17) is 25.5 Å². The predicted octanol–water partition coefficient (Wildman–Crippen LogP) is -1.44. The maximum Gasteiger partial charge on any atom is 0.269 e. The zero-order valence-corrected chi connectivity index (χ0v) is 10.2. The van der Waals surface area contributed by atoms with Crippen LogP contribution in [0.5, 0.6) is 5.75 Å². The monoisotopic (exact) mass is 289 g/mol. The normalized spacial score (nSPS) is 14.4. The smallest absolute Gasteiger partial charge is 0.269 e. The van der Waals surface area contributed by atoms with Gasteiger partial charge in [-0.2, -0.15) is 0 Å². The number of nitrogens with zero attached hydrogens (tertiary/aromatic N) is 1. The summed E-state index contributed by atoms with van der Waals surface area (Å²) in [4.78, 5) is 19.3. The number of nitro benzene ring substituents is 1. The molecule has 9 nitrogen and oxygen atoms in total. The maximum absolute atomic E-state index is 10.0. The molecule has 0 aliphatic rings. The Morgan fingerprint density at radius 1 is 1.20 bits per heavy atom. The maximum atomic E-state index is 10.0. The standard InChI is InChI=1S/C6H5NO3.C5H10O5/c8-6-3-1-5(2-4-6)7(9)10;6-1-3(8)5(10)4(9)2-7/h1-4,8H;1,3-5,7-10H,2H2. The molecule has 0 saturated heterocycles. The summed E-state index contributed by atoms with van der Waals surface area (Å²) in [6.45, 7) is -0.688.